The minimum Gasteiger partial charge on any atom is -0.337 e. The summed E-state index contributed by atoms with van der Waals surface area (Å²) in [6.07, 6.45) is -4.04. The maximum atomic E-state index is 12.8. The van der Waals surface area contributed by atoms with Crippen molar-refractivity contribution in [1.29, 1.82) is 0 Å². The van der Waals surface area contributed by atoms with Gasteiger partial charge in [0.25, 0.3) is 0 Å². The van der Waals surface area contributed by atoms with Crippen LogP contribution < -0.4 is 0 Å². The van der Waals surface area contributed by atoms with Gasteiger partial charge in [0.1, 0.15) is 0 Å². The molecule has 1 aliphatic rings. The van der Waals surface area contributed by atoms with Crippen molar-refractivity contribution in [2.24, 2.45) is 0 Å². The van der Waals surface area contributed by atoms with E-state index >= 15 is 0 Å². The summed E-state index contributed by atoms with van der Waals surface area (Å²) in [7, 11) is 0. The average Bonchev–Trinajstić information content (AvgIpc) is 2.57. The van der Waals surface area contributed by atoms with Crippen LogP contribution in [0.4, 0.5) is 13.2 Å². The highest BCUT2D eigenvalue weighted by Gasteiger charge is 2.35. The zero-order chi connectivity index (χ0) is 13.3. The molecule has 1 aliphatic heterocycles. The van der Waals surface area contributed by atoms with E-state index in [1.54, 1.807) is 6.07 Å². The predicted molar refractivity (Wildman–Crippen MR) is 64.2 cm³/mol. The molecule has 18 heavy (non-hydrogen) atoms. The fraction of sp³-hybridized carbons (Fsp3) is 0.417. The lowest BCUT2D eigenvalue weighted by molar-refractivity contribution is -0.139. The quantitative estimate of drug-likeness (QED) is 0.766. The summed E-state index contributed by atoms with van der Waals surface area (Å²) >= 11 is 3.31. The van der Waals surface area contributed by atoms with E-state index in [9.17, 15) is 18.0 Å². The molecule has 6 heteroatoms. The maximum Gasteiger partial charge on any atom is 0.416 e. The molecule has 1 atom stereocenters. The van der Waals surface area contributed by atoms with E-state index in [2.05, 4.69) is 15.9 Å². The summed E-state index contributed by atoms with van der Waals surface area (Å²) in [6.45, 7) is 0.460. The van der Waals surface area contributed by atoms with Gasteiger partial charge in [-0.15, -0.1) is 0 Å². The number of carbonyl (C=O) groups excluding carboxylic acids is 1. The third-order valence-electron chi connectivity index (χ3n) is 2.85. The third-order valence-corrected chi connectivity index (χ3v) is 3.46. The lowest BCUT2D eigenvalue weighted by atomic mass is 10.1. The highest BCUT2D eigenvalue weighted by Crippen LogP contribution is 2.33. The van der Waals surface area contributed by atoms with Crippen LogP contribution >= 0.6 is 15.9 Å². The first-order valence-electron chi connectivity index (χ1n) is 5.45. The molecule has 0 N–H and O–H groups in total. The molecule has 1 amide bonds. The van der Waals surface area contributed by atoms with Gasteiger partial charge in [0, 0.05) is 24.3 Å². The Hall–Kier alpha value is -1.04. The second-order valence-corrected chi connectivity index (χ2v) is 5.53. The number of benzene rings is 1. The van der Waals surface area contributed by atoms with E-state index in [1.165, 1.54) is 17.0 Å². The van der Waals surface area contributed by atoms with Crippen LogP contribution in [-0.4, -0.2) is 22.2 Å². The predicted octanol–water partition coefficient (Wildman–Crippen LogP) is 3.20. The molecule has 1 unspecified atom stereocenters. The second-order valence-electron chi connectivity index (χ2n) is 4.23. The first-order chi connectivity index (χ1) is 8.38. The van der Waals surface area contributed by atoms with E-state index in [-0.39, 0.29) is 22.8 Å². The zero-order valence-electron chi connectivity index (χ0n) is 9.38. The summed E-state index contributed by atoms with van der Waals surface area (Å²) < 4.78 is 38.4. The SMILES string of the molecule is O=C1CC(Br)CN1Cc1ccccc1C(F)(F)F. The van der Waals surface area contributed by atoms with E-state index in [1.807, 2.05) is 0 Å². The number of amides is 1. The molecule has 0 radical (unpaired) electrons. The first-order valence-corrected chi connectivity index (χ1v) is 6.36. The third kappa shape index (κ3) is 2.85. The number of hydrogen-bond acceptors (Lipinski definition) is 1. The van der Waals surface area contributed by atoms with Crippen molar-refractivity contribution in [3.8, 4) is 0 Å². The highest BCUT2D eigenvalue weighted by molar-refractivity contribution is 9.09. The molecule has 0 spiro atoms. The van der Waals surface area contributed by atoms with E-state index < -0.39 is 11.7 Å². The number of carbonyl (C=O) groups is 1. The molecule has 2 rings (SSSR count). The summed E-state index contributed by atoms with van der Waals surface area (Å²) in [5.41, 5.74) is -0.532. The van der Waals surface area contributed by atoms with Crippen molar-refractivity contribution in [3.63, 3.8) is 0 Å². The largest absolute Gasteiger partial charge is 0.416 e. The molecule has 98 valence electrons. The van der Waals surface area contributed by atoms with Crippen molar-refractivity contribution in [3.05, 3.63) is 35.4 Å². The highest BCUT2D eigenvalue weighted by atomic mass is 79.9. The normalized spacial score (nSPS) is 20.6. The molecule has 0 aromatic heterocycles. The minimum absolute atomic E-state index is 0.0105. The fourth-order valence-electron chi connectivity index (χ4n) is 2.02. The van der Waals surface area contributed by atoms with Crippen LogP contribution in [0.3, 0.4) is 0 Å². The topological polar surface area (TPSA) is 20.3 Å². The van der Waals surface area contributed by atoms with Gasteiger partial charge in [-0.3, -0.25) is 4.79 Å². The molecule has 1 aromatic rings. The van der Waals surface area contributed by atoms with Crippen LogP contribution in [-0.2, 0) is 17.5 Å². The van der Waals surface area contributed by atoms with E-state index in [0.717, 1.165) is 6.07 Å². The molecule has 1 fully saturated rings. The van der Waals surface area contributed by atoms with Gasteiger partial charge in [-0.1, -0.05) is 34.1 Å². The Labute approximate surface area is 111 Å². The maximum absolute atomic E-state index is 12.8. The molecule has 0 aliphatic carbocycles. The van der Waals surface area contributed by atoms with Gasteiger partial charge in [0.2, 0.25) is 5.91 Å². The van der Waals surface area contributed by atoms with Crippen molar-refractivity contribution < 1.29 is 18.0 Å². The van der Waals surface area contributed by atoms with Crippen LogP contribution in [0.25, 0.3) is 0 Å². The van der Waals surface area contributed by atoms with Crippen LogP contribution in [0.2, 0.25) is 0 Å². The molecule has 0 bridgehead atoms. The first kappa shape index (κ1) is 13.4. The Kier molecular flexibility index (Phi) is 3.66. The van der Waals surface area contributed by atoms with Gasteiger partial charge in [-0.05, 0) is 11.6 Å². The van der Waals surface area contributed by atoms with E-state index in [0.29, 0.717) is 13.0 Å². The van der Waals surface area contributed by atoms with Crippen molar-refractivity contribution in [2.75, 3.05) is 6.54 Å². The summed E-state index contributed by atoms with van der Waals surface area (Å²) in [5.74, 6) is -0.117. The van der Waals surface area contributed by atoms with Crippen LogP contribution in [0.1, 0.15) is 17.5 Å². The second kappa shape index (κ2) is 4.91. The van der Waals surface area contributed by atoms with Gasteiger partial charge in [0.05, 0.1) is 5.56 Å². The van der Waals surface area contributed by atoms with Crippen LogP contribution in [0.5, 0.6) is 0 Å². The van der Waals surface area contributed by atoms with Gasteiger partial charge in [-0.25, -0.2) is 0 Å². The number of rotatable bonds is 2. The molecular weight excluding hydrogens is 311 g/mol. The Morgan fingerprint density at radius 1 is 1.33 bits per heavy atom. The van der Waals surface area contributed by atoms with Crippen molar-refractivity contribution >= 4 is 21.8 Å². The van der Waals surface area contributed by atoms with Crippen LogP contribution in [0, 0.1) is 0 Å². The number of halogens is 4. The van der Waals surface area contributed by atoms with Gasteiger partial charge in [-0.2, -0.15) is 13.2 Å². The van der Waals surface area contributed by atoms with Gasteiger partial charge < -0.3 is 4.90 Å². The fourth-order valence-corrected chi connectivity index (χ4v) is 2.64. The molecule has 0 saturated carbocycles. The molecule has 1 aromatic carbocycles. The Morgan fingerprint density at radius 2 is 2.00 bits per heavy atom. The summed E-state index contributed by atoms with van der Waals surface area (Å²) in [6, 6.07) is 5.36. The number of alkyl halides is 4. The molecule has 1 heterocycles. The Morgan fingerprint density at radius 3 is 2.56 bits per heavy atom. The summed E-state index contributed by atoms with van der Waals surface area (Å²) in [4.78, 5) is 13.0. The van der Waals surface area contributed by atoms with Crippen LogP contribution in [0.15, 0.2) is 24.3 Å². The average molecular weight is 322 g/mol. The Balaban J connectivity index is 2.22. The number of nitrogens with zero attached hydrogens (tertiary/aromatic N) is 1. The number of hydrogen-bond donors (Lipinski definition) is 0. The lowest BCUT2D eigenvalue weighted by Crippen LogP contribution is -2.26. The zero-order valence-corrected chi connectivity index (χ0v) is 11.0. The lowest BCUT2D eigenvalue weighted by Gasteiger charge is -2.19. The minimum atomic E-state index is -4.38. The van der Waals surface area contributed by atoms with Gasteiger partial charge in [0.15, 0.2) is 0 Å². The molecule has 2 nitrogen and oxygen atoms in total. The van der Waals surface area contributed by atoms with Crippen molar-refractivity contribution in [2.45, 2.75) is 24.0 Å². The molecular formula is C12H11BrF3NO. The van der Waals surface area contributed by atoms with Crippen molar-refractivity contribution in [1.82, 2.24) is 4.90 Å². The Bertz CT molecular complexity index is 461. The monoisotopic (exact) mass is 321 g/mol. The molecule has 1 saturated heterocycles. The standard InChI is InChI=1S/C12H11BrF3NO/c13-9-5-11(18)17(7-9)6-8-3-1-2-4-10(8)12(14,15)16/h1-4,9H,5-7H2. The van der Waals surface area contributed by atoms with Gasteiger partial charge >= 0.3 is 6.18 Å². The smallest absolute Gasteiger partial charge is 0.337 e. The summed E-state index contributed by atoms with van der Waals surface area (Å²) in [5, 5.41) is 0. The van der Waals surface area contributed by atoms with E-state index in [4.69, 9.17) is 0 Å². The number of likely N-dealkylation sites (tertiary alicyclic amines) is 1.